The van der Waals surface area contributed by atoms with Crippen molar-refractivity contribution in [2.75, 3.05) is 0 Å². The first-order valence-corrected chi connectivity index (χ1v) is 7.36. The molecule has 120 valence electrons. The lowest BCUT2D eigenvalue weighted by Crippen LogP contribution is -2.35. The number of fused-ring (bicyclic) bond motifs is 2. The zero-order valence-corrected chi connectivity index (χ0v) is 13.1. The summed E-state index contributed by atoms with van der Waals surface area (Å²) in [5.74, 6) is -1.59. The van der Waals surface area contributed by atoms with E-state index in [-0.39, 0.29) is 11.5 Å². The van der Waals surface area contributed by atoms with Crippen LogP contribution in [-0.4, -0.2) is 30.9 Å². The SMILES string of the molecule is Cn1c(-c2c(O)c(O)cc3ccn(C)c23)cc2c1=CC(=O)C(=O)C=2. The first kappa shape index (κ1) is 14.3. The summed E-state index contributed by atoms with van der Waals surface area (Å²) in [7, 11) is 3.59. The Morgan fingerprint density at radius 1 is 1.00 bits per heavy atom. The van der Waals surface area contributed by atoms with Gasteiger partial charge in [0.2, 0.25) is 11.6 Å². The summed E-state index contributed by atoms with van der Waals surface area (Å²) in [5.41, 5.74) is 1.81. The van der Waals surface area contributed by atoms with Gasteiger partial charge in [0.25, 0.3) is 0 Å². The number of Topliss-reactive ketones (excluding diaryl/α,β-unsaturated/α-hetero) is 2. The molecule has 6 heteroatoms. The number of aryl methyl sites for hydroxylation is 1. The number of aromatic nitrogens is 2. The standard InChI is InChI=1S/C18H14N2O4/c1-19-4-3-9-6-15(23)18(24)16(17(9)19)12-5-10-7-13(21)14(22)8-11(10)20(12)2/h3-8,23-24H,1-2H3. The summed E-state index contributed by atoms with van der Waals surface area (Å²) < 4.78 is 3.58. The molecule has 3 aromatic rings. The van der Waals surface area contributed by atoms with Crippen molar-refractivity contribution >= 4 is 34.6 Å². The molecule has 0 fully saturated rings. The van der Waals surface area contributed by atoms with Crippen molar-refractivity contribution in [2.24, 2.45) is 14.1 Å². The number of ketones is 2. The number of nitrogens with zero attached hydrogens (tertiary/aromatic N) is 2. The highest BCUT2D eigenvalue weighted by molar-refractivity contribution is 6.57. The van der Waals surface area contributed by atoms with Gasteiger partial charge in [0.1, 0.15) is 0 Å². The first-order valence-electron chi connectivity index (χ1n) is 7.36. The van der Waals surface area contributed by atoms with E-state index in [1.807, 2.05) is 23.9 Å². The zero-order valence-electron chi connectivity index (χ0n) is 13.1. The highest BCUT2D eigenvalue weighted by Gasteiger charge is 2.21. The van der Waals surface area contributed by atoms with Crippen LogP contribution in [0, 0.1) is 0 Å². The molecule has 0 radical (unpaired) electrons. The van der Waals surface area contributed by atoms with Crippen molar-refractivity contribution < 1.29 is 19.8 Å². The molecule has 0 saturated carbocycles. The smallest absolute Gasteiger partial charge is 0.227 e. The van der Waals surface area contributed by atoms with E-state index in [4.69, 9.17) is 0 Å². The summed E-state index contributed by atoms with van der Waals surface area (Å²) in [4.78, 5) is 23.3. The van der Waals surface area contributed by atoms with Gasteiger partial charge < -0.3 is 19.3 Å². The Morgan fingerprint density at radius 3 is 2.46 bits per heavy atom. The quantitative estimate of drug-likeness (QED) is 0.499. The van der Waals surface area contributed by atoms with Crippen LogP contribution in [0.2, 0.25) is 0 Å². The molecule has 0 saturated heterocycles. The number of phenolic OH excluding ortho intramolecular Hbond substituents is 2. The molecule has 24 heavy (non-hydrogen) atoms. The van der Waals surface area contributed by atoms with Crippen LogP contribution in [0.4, 0.5) is 0 Å². The number of carbonyl (C=O) groups is 2. The van der Waals surface area contributed by atoms with E-state index in [0.29, 0.717) is 21.8 Å². The van der Waals surface area contributed by atoms with Gasteiger partial charge in [-0.25, -0.2) is 0 Å². The number of rotatable bonds is 1. The maximum Gasteiger partial charge on any atom is 0.227 e. The van der Waals surface area contributed by atoms with Crippen LogP contribution in [0.3, 0.4) is 0 Å². The van der Waals surface area contributed by atoms with E-state index in [9.17, 15) is 19.8 Å². The topological polar surface area (TPSA) is 84.5 Å². The summed E-state index contributed by atoms with van der Waals surface area (Å²) in [6.45, 7) is 0. The largest absolute Gasteiger partial charge is 0.504 e. The Hall–Kier alpha value is -3.28. The van der Waals surface area contributed by atoms with E-state index in [1.54, 1.807) is 17.7 Å². The molecule has 0 spiro atoms. The van der Waals surface area contributed by atoms with E-state index < -0.39 is 11.6 Å². The van der Waals surface area contributed by atoms with Gasteiger partial charge in [-0.1, -0.05) is 0 Å². The number of carbonyl (C=O) groups excluding carboxylic acids is 2. The minimum Gasteiger partial charge on any atom is -0.504 e. The minimum atomic E-state index is -0.570. The molecule has 2 N–H and O–H groups in total. The van der Waals surface area contributed by atoms with Crippen molar-refractivity contribution in [1.29, 1.82) is 0 Å². The second kappa shape index (κ2) is 4.61. The highest BCUT2D eigenvalue weighted by Crippen LogP contribution is 2.42. The molecule has 0 unspecified atom stereocenters. The van der Waals surface area contributed by atoms with Gasteiger partial charge in [0, 0.05) is 37.0 Å². The molecule has 4 rings (SSSR count). The Bertz CT molecular complexity index is 1180. The molecule has 0 aliphatic heterocycles. The lowest BCUT2D eigenvalue weighted by Gasteiger charge is -2.11. The van der Waals surface area contributed by atoms with Crippen LogP contribution in [0.1, 0.15) is 0 Å². The molecule has 0 amide bonds. The van der Waals surface area contributed by atoms with E-state index in [0.717, 1.165) is 10.9 Å². The van der Waals surface area contributed by atoms with Gasteiger partial charge in [-0.2, -0.15) is 0 Å². The van der Waals surface area contributed by atoms with Gasteiger partial charge >= 0.3 is 0 Å². The maximum absolute atomic E-state index is 11.7. The Balaban J connectivity index is 2.17. The van der Waals surface area contributed by atoms with E-state index >= 15 is 0 Å². The number of hydrogen-bond acceptors (Lipinski definition) is 4. The second-order valence-corrected chi connectivity index (χ2v) is 5.93. The van der Waals surface area contributed by atoms with Crippen LogP contribution in [-0.2, 0) is 23.7 Å². The fourth-order valence-corrected chi connectivity index (χ4v) is 3.27. The monoisotopic (exact) mass is 322 g/mol. The Kier molecular flexibility index (Phi) is 2.75. The average molecular weight is 322 g/mol. The second-order valence-electron chi connectivity index (χ2n) is 5.93. The summed E-state index contributed by atoms with van der Waals surface area (Å²) in [6.07, 6.45) is 4.42. The Labute approximate surface area is 136 Å². The average Bonchev–Trinajstić information content (AvgIpc) is 3.04. The molecule has 1 aliphatic carbocycles. The lowest BCUT2D eigenvalue weighted by molar-refractivity contribution is -0.129. The van der Waals surface area contributed by atoms with Crippen LogP contribution in [0.25, 0.3) is 34.3 Å². The number of phenols is 2. The predicted molar refractivity (Wildman–Crippen MR) is 88.8 cm³/mol. The van der Waals surface area contributed by atoms with Crippen molar-refractivity contribution in [1.82, 2.24) is 9.13 Å². The van der Waals surface area contributed by atoms with Crippen LogP contribution >= 0.6 is 0 Å². The third-order valence-electron chi connectivity index (χ3n) is 4.48. The summed E-state index contributed by atoms with van der Waals surface area (Å²) in [5, 5.41) is 22.5. The maximum atomic E-state index is 11.7. The molecule has 2 aromatic heterocycles. The number of benzene rings is 1. The van der Waals surface area contributed by atoms with Crippen LogP contribution in [0.5, 0.6) is 11.5 Å². The molecule has 0 atom stereocenters. The minimum absolute atomic E-state index is 0.219. The number of hydrogen-bond donors (Lipinski definition) is 2. The lowest BCUT2D eigenvalue weighted by atomic mass is 10.1. The van der Waals surface area contributed by atoms with Gasteiger partial charge in [-0.15, -0.1) is 0 Å². The molecule has 6 nitrogen and oxygen atoms in total. The van der Waals surface area contributed by atoms with Crippen molar-refractivity contribution in [3.05, 3.63) is 35.0 Å². The fourth-order valence-electron chi connectivity index (χ4n) is 3.27. The van der Waals surface area contributed by atoms with Crippen molar-refractivity contribution in [2.45, 2.75) is 0 Å². The van der Waals surface area contributed by atoms with Crippen molar-refractivity contribution in [3.63, 3.8) is 0 Å². The molecule has 0 bridgehead atoms. The van der Waals surface area contributed by atoms with Gasteiger partial charge in [0.15, 0.2) is 11.5 Å². The normalized spacial score (nSPS) is 13.8. The first-order chi connectivity index (χ1) is 11.4. The summed E-state index contributed by atoms with van der Waals surface area (Å²) >= 11 is 0. The van der Waals surface area contributed by atoms with Gasteiger partial charge in [-0.05, 0) is 24.3 Å². The molecular formula is C18H14N2O4. The molecule has 1 aromatic carbocycles. The molecule has 1 aliphatic rings. The third-order valence-corrected chi connectivity index (χ3v) is 4.48. The fraction of sp³-hybridized carbons (Fsp3) is 0.111. The van der Waals surface area contributed by atoms with Crippen LogP contribution < -0.4 is 10.6 Å². The van der Waals surface area contributed by atoms with Gasteiger partial charge in [0.05, 0.1) is 22.1 Å². The van der Waals surface area contributed by atoms with E-state index in [2.05, 4.69) is 0 Å². The van der Waals surface area contributed by atoms with Crippen molar-refractivity contribution in [3.8, 4) is 22.8 Å². The summed E-state index contributed by atoms with van der Waals surface area (Å²) in [6, 6.07) is 5.07. The highest BCUT2D eigenvalue weighted by atomic mass is 16.3. The third kappa shape index (κ3) is 1.76. The van der Waals surface area contributed by atoms with Gasteiger partial charge in [-0.3, -0.25) is 9.59 Å². The predicted octanol–water partition coefficient (Wildman–Crippen LogP) is 0.308. The Morgan fingerprint density at radius 2 is 1.71 bits per heavy atom. The van der Waals surface area contributed by atoms with E-state index in [1.165, 1.54) is 18.2 Å². The molecule has 2 heterocycles. The molecular weight excluding hydrogens is 308 g/mol. The zero-order chi connectivity index (χ0) is 17.2. The van der Waals surface area contributed by atoms with Crippen LogP contribution in [0.15, 0.2) is 24.4 Å². The number of aromatic hydroxyl groups is 2.